The minimum Gasteiger partial charge on any atom is -0.468 e. The molecule has 0 aromatic rings. The summed E-state index contributed by atoms with van der Waals surface area (Å²) < 4.78 is 9.25. The van der Waals surface area contributed by atoms with Gasteiger partial charge in [-0.3, -0.25) is 14.9 Å². The largest absolute Gasteiger partial charge is 0.468 e. The molecule has 7 heteroatoms. The van der Waals surface area contributed by atoms with E-state index in [-0.39, 0.29) is 12.2 Å². The first-order valence-electron chi connectivity index (χ1n) is 5.19. The van der Waals surface area contributed by atoms with Crippen molar-refractivity contribution in [3.05, 3.63) is 12.3 Å². The molecule has 2 amide bonds. The molecule has 0 heterocycles. The quantitative estimate of drug-likeness (QED) is 0.559. The standard InChI is InChI=1S/C11H18N2O5/c1-7(9(15)12-6-8(14)17-5)13-10(16)18-11(2,3)4/h1,6H2,2-5H3,(H,12,15)(H,13,16). The molecule has 0 radical (unpaired) electrons. The number of esters is 1. The van der Waals surface area contributed by atoms with Crippen LogP contribution in [0.15, 0.2) is 12.3 Å². The molecule has 0 saturated carbocycles. The molecule has 0 unspecified atom stereocenters. The molecule has 0 aliphatic carbocycles. The van der Waals surface area contributed by atoms with Crippen LogP contribution in [0.4, 0.5) is 4.79 Å². The van der Waals surface area contributed by atoms with Crippen LogP contribution in [0.2, 0.25) is 0 Å². The summed E-state index contributed by atoms with van der Waals surface area (Å²) in [5.41, 5.74) is -0.888. The van der Waals surface area contributed by atoms with E-state index in [0.717, 1.165) is 0 Å². The number of rotatable bonds is 4. The summed E-state index contributed by atoms with van der Waals surface area (Å²) in [5, 5.41) is 4.38. The summed E-state index contributed by atoms with van der Waals surface area (Å²) in [5.74, 6) is -1.29. The van der Waals surface area contributed by atoms with E-state index in [1.54, 1.807) is 20.8 Å². The smallest absolute Gasteiger partial charge is 0.412 e. The maximum Gasteiger partial charge on any atom is 0.412 e. The fraction of sp³-hybridized carbons (Fsp3) is 0.545. The first-order chi connectivity index (χ1) is 8.15. The zero-order valence-corrected chi connectivity index (χ0v) is 11.0. The van der Waals surface area contributed by atoms with Crippen LogP contribution in [0.5, 0.6) is 0 Å². The van der Waals surface area contributed by atoms with Crippen LogP contribution in [0.25, 0.3) is 0 Å². The zero-order valence-electron chi connectivity index (χ0n) is 11.0. The van der Waals surface area contributed by atoms with Crippen molar-refractivity contribution in [1.29, 1.82) is 0 Å². The first-order valence-corrected chi connectivity index (χ1v) is 5.19. The molecule has 2 N–H and O–H groups in total. The van der Waals surface area contributed by atoms with E-state index in [9.17, 15) is 14.4 Å². The highest BCUT2D eigenvalue weighted by atomic mass is 16.6. The normalized spacial score (nSPS) is 10.2. The summed E-state index contributed by atoms with van der Waals surface area (Å²) in [4.78, 5) is 33.4. The summed E-state index contributed by atoms with van der Waals surface area (Å²) >= 11 is 0. The first kappa shape index (κ1) is 16.0. The lowest BCUT2D eigenvalue weighted by Crippen LogP contribution is -2.39. The molecular formula is C11H18N2O5. The zero-order chi connectivity index (χ0) is 14.3. The van der Waals surface area contributed by atoms with Crippen LogP contribution in [0.3, 0.4) is 0 Å². The molecule has 102 valence electrons. The number of hydrogen-bond acceptors (Lipinski definition) is 5. The van der Waals surface area contributed by atoms with Crippen molar-refractivity contribution in [2.45, 2.75) is 26.4 Å². The second kappa shape index (κ2) is 6.63. The van der Waals surface area contributed by atoms with Crippen LogP contribution in [-0.2, 0) is 19.1 Å². The number of carbonyl (C=O) groups excluding carboxylic acids is 3. The van der Waals surface area contributed by atoms with Gasteiger partial charge >= 0.3 is 12.1 Å². The van der Waals surface area contributed by atoms with Gasteiger partial charge in [-0.1, -0.05) is 6.58 Å². The van der Waals surface area contributed by atoms with Crippen LogP contribution in [-0.4, -0.2) is 37.2 Å². The Kier molecular flexibility index (Phi) is 5.87. The Morgan fingerprint density at radius 3 is 2.22 bits per heavy atom. The number of methoxy groups -OCH3 is 1. The number of ether oxygens (including phenoxy) is 2. The van der Waals surface area contributed by atoms with Gasteiger partial charge in [0, 0.05) is 0 Å². The second-order valence-corrected chi connectivity index (χ2v) is 4.36. The van der Waals surface area contributed by atoms with Gasteiger partial charge in [-0.15, -0.1) is 0 Å². The molecule has 18 heavy (non-hydrogen) atoms. The summed E-state index contributed by atoms with van der Waals surface area (Å²) in [6.45, 7) is 8.11. The highest BCUT2D eigenvalue weighted by Crippen LogP contribution is 2.06. The van der Waals surface area contributed by atoms with Gasteiger partial charge in [-0.25, -0.2) is 4.79 Å². The third-order valence-corrected chi connectivity index (χ3v) is 1.55. The Balaban J connectivity index is 4.13. The lowest BCUT2D eigenvalue weighted by Gasteiger charge is -2.19. The lowest BCUT2D eigenvalue weighted by atomic mass is 10.2. The Hall–Kier alpha value is -2.05. The summed E-state index contributed by atoms with van der Waals surface area (Å²) in [6.07, 6.45) is -0.791. The predicted molar refractivity (Wildman–Crippen MR) is 63.5 cm³/mol. The molecular weight excluding hydrogens is 240 g/mol. The maximum atomic E-state index is 11.4. The monoisotopic (exact) mass is 258 g/mol. The fourth-order valence-corrected chi connectivity index (χ4v) is 0.815. The van der Waals surface area contributed by atoms with Crippen LogP contribution in [0, 0.1) is 0 Å². The second-order valence-electron chi connectivity index (χ2n) is 4.36. The highest BCUT2D eigenvalue weighted by Gasteiger charge is 2.18. The van der Waals surface area contributed by atoms with Crippen LogP contribution >= 0.6 is 0 Å². The predicted octanol–water partition coefficient (Wildman–Crippen LogP) is 0.314. The molecule has 0 saturated heterocycles. The minimum atomic E-state index is -0.791. The van der Waals surface area contributed by atoms with Crippen molar-refractivity contribution < 1.29 is 23.9 Å². The molecule has 7 nitrogen and oxygen atoms in total. The van der Waals surface area contributed by atoms with Crippen molar-refractivity contribution in [2.75, 3.05) is 13.7 Å². The molecule has 0 bridgehead atoms. The third kappa shape index (κ3) is 7.26. The van der Waals surface area contributed by atoms with E-state index in [2.05, 4.69) is 21.9 Å². The summed E-state index contributed by atoms with van der Waals surface area (Å²) in [6, 6.07) is 0. The van der Waals surface area contributed by atoms with Crippen molar-refractivity contribution in [3.8, 4) is 0 Å². The van der Waals surface area contributed by atoms with E-state index in [1.807, 2.05) is 0 Å². The Bertz CT molecular complexity index is 357. The topological polar surface area (TPSA) is 93.7 Å². The summed E-state index contributed by atoms with van der Waals surface area (Å²) in [7, 11) is 1.20. The van der Waals surface area contributed by atoms with Crippen LogP contribution in [0.1, 0.15) is 20.8 Å². The fourth-order valence-electron chi connectivity index (χ4n) is 0.815. The SMILES string of the molecule is C=C(NC(=O)OC(C)(C)C)C(=O)NCC(=O)OC. The van der Waals surface area contributed by atoms with Gasteiger partial charge in [-0.05, 0) is 20.8 Å². The molecule has 0 aromatic carbocycles. The van der Waals surface area contributed by atoms with E-state index >= 15 is 0 Å². The number of carbonyl (C=O) groups is 3. The highest BCUT2D eigenvalue weighted by molar-refractivity contribution is 5.97. The number of nitrogens with one attached hydrogen (secondary N) is 2. The van der Waals surface area contributed by atoms with E-state index in [4.69, 9.17) is 4.74 Å². The number of amides is 2. The van der Waals surface area contributed by atoms with Gasteiger partial charge in [0.2, 0.25) is 0 Å². The van der Waals surface area contributed by atoms with Gasteiger partial charge in [0.1, 0.15) is 17.8 Å². The van der Waals surface area contributed by atoms with Gasteiger partial charge < -0.3 is 14.8 Å². The van der Waals surface area contributed by atoms with Gasteiger partial charge in [0.25, 0.3) is 5.91 Å². The van der Waals surface area contributed by atoms with Gasteiger partial charge in [-0.2, -0.15) is 0 Å². The third-order valence-electron chi connectivity index (χ3n) is 1.55. The molecule has 0 aromatic heterocycles. The van der Waals surface area contributed by atoms with Crippen molar-refractivity contribution >= 4 is 18.0 Å². The lowest BCUT2D eigenvalue weighted by molar-refractivity contribution is -0.140. The molecule has 0 rings (SSSR count). The minimum absolute atomic E-state index is 0.215. The average molecular weight is 258 g/mol. The maximum absolute atomic E-state index is 11.4. The van der Waals surface area contributed by atoms with Gasteiger partial charge in [0.15, 0.2) is 0 Å². The van der Waals surface area contributed by atoms with Crippen molar-refractivity contribution in [3.63, 3.8) is 0 Å². The van der Waals surface area contributed by atoms with Crippen molar-refractivity contribution in [2.24, 2.45) is 0 Å². The molecule has 0 spiro atoms. The van der Waals surface area contributed by atoms with Gasteiger partial charge in [0.05, 0.1) is 7.11 Å². The molecule has 0 aliphatic rings. The number of hydrogen-bond donors (Lipinski definition) is 2. The number of alkyl carbamates (subject to hydrolysis) is 1. The van der Waals surface area contributed by atoms with E-state index < -0.39 is 23.6 Å². The van der Waals surface area contributed by atoms with E-state index in [1.165, 1.54) is 7.11 Å². The Morgan fingerprint density at radius 1 is 1.22 bits per heavy atom. The average Bonchev–Trinajstić information content (AvgIpc) is 2.22. The molecule has 0 atom stereocenters. The Labute approximate surface area is 106 Å². The van der Waals surface area contributed by atoms with Crippen LogP contribution < -0.4 is 10.6 Å². The Morgan fingerprint density at radius 2 is 1.78 bits per heavy atom. The van der Waals surface area contributed by atoms with E-state index in [0.29, 0.717) is 0 Å². The molecule has 0 aliphatic heterocycles. The van der Waals surface area contributed by atoms with Crippen molar-refractivity contribution in [1.82, 2.24) is 10.6 Å². The molecule has 0 fully saturated rings.